The Kier molecular flexibility index (Phi) is 6.09. The van der Waals surface area contributed by atoms with E-state index in [-0.39, 0.29) is 0 Å². The number of benzene rings is 4. The first-order chi connectivity index (χ1) is 19.6. The van der Waals surface area contributed by atoms with Gasteiger partial charge in [-0.15, -0.1) is 0 Å². The zero-order valence-electron chi connectivity index (χ0n) is 22.9. The van der Waals surface area contributed by atoms with Crippen molar-refractivity contribution in [3.05, 3.63) is 142 Å². The molecule has 0 fully saturated rings. The van der Waals surface area contributed by atoms with Gasteiger partial charge in [-0.1, -0.05) is 120 Å². The maximum Gasteiger partial charge on any atom is 0.0935 e. The van der Waals surface area contributed by atoms with Gasteiger partial charge in [0, 0.05) is 10.8 Å². The van der Waals surface area contributed by atoms with Gasteiger partial charge in [-0.3, -0.25) is 0 Å². The van der Waals surface area contributed by atoms with Crippen LogP contribution in [0.3, 0.4) is 0 Å². The predicted octanol–water partition coefficient (Wildman–Crippen LogP) is 9.51. The van der Waals surface area contributed by atoms with E-state index in [0.717, 1.165) is 35.3 Å². The van der Waals surface area contributed by atoms with E-state index in [0.29, 0.717) is 0 Å². The molecule has 0 atom stereocenters. The highest BCUT2D eigenvalue weighted by Gasteiger charge is 2.25. The number of pyridine rings is 2. The van der Waals surface area contributed by atoms with E-state index < -0.39 is 0 Å². The molecule has 1 aliphatic carbocycles. The molecule has 40 heavy (non-hydrogen) atoms. The predicted molar refractivity (Wildman–Crippen MR) is 170 cm³/mol. The third-order valence-electron chi connectivity index (χ3n) is 7.89. The molecule has 0 spiro atoms. The number of rotatable bonds is 4. The van der Waals surface area contributed by atoms with Crippen molar-refractivity contribution in [3.63, 3.8) is 0 Å². The summed E-state index contributed by atoms with van der Waals surface area (Å²) in [5.74, 6) is 0. The van der Waals surface area contributed by atoms with Crippen LogP contribution in [0.25, 0.3) is 57.5 Å². The summed E-state index contributed by atoms with van der Waals surface area (Å²) in [6.07, 6.45) is 10.9. The first-order valence-corrected chi connectivity index (χ1v) is 14.0. The topological polar surface area (TPSA) is 25.8 Å². The summed E-state index contributed by atoms with van der Waals surface area (Å²) in [6.45, 7) is 4.28. The van der Waals surface area contributed by atoms with Gasteiger partial charge < -0.3 is 0 Å². The fourth-order valence-corrected chi connectivity index (χ4v) is 5.99. The number of aryl methyl sites for hydroxylation is 2. The Hall–Kier alpha value is -4.82. The lowest BCUT2D eigenvalue weighted by molar-refractivity contribution is 0.918. The molecule has 2 nitrogen and oxygen atoms in total. The molecule has 0 unspecified atom stereocenters. The molecule has 7 rings (SSSR count). The second-order valence-corrected chi connectivity index (χ2v) is 10.7. The van der Waals surface area contributed by atoms with Gasteiger partial charge in [-0.25, -0.2) is 9.97 Å². The Balaban J connectivity index is 1.44. The zero-order valence-corrected chi connectivity index (χ0v) is 22.9. The van der Waals surface area contributed by atoms with Crippen molar-refractivity contribution in [2.45, 2.75) is 26.7 Å². The van der Waals surface area contributed by atoms with Crippen molar-refractivity contribution in [3.8, 4) is 11.4 Å². The maximum atomic E-state index is 5.24. The van der Waals surface area contributed by atoms with Gasteiger partial charge >= 0.3 is 0 Å². The van der Waals surface area contributed by atoms with E-state index in [9.17, 15) is 0 Å². The van der Waals surface area contributed by atoms with Crippen molar-refractivity contribution in [1.82, 2.24) is 9.97 Å². The third kappa shape index (κ3) is 4.42. The summed E-state index contributed by atoms with van der Waals surface area (Å²) in [6, 6.07) is 34.3. The average molecular weight is 515 g/mol. The van der Waals surface area contributed by atoms with Crippen molar-refractivity contribution in [2.24, 2.45) is 0 Å². The van der Waals surface area contributed by atoms with Crippen molar-refractivity contribution in [2.75, 3.05) is 0 Å². The minimum Gasteiger partial charge on any atom is -0.246 e. The van der Waals surface area contributed by atoms with Crippen molar-refractivity contribution in [1.29, 1.82) is 0 Å². The number of hydrogen-bond acceptors (Lipinski definition) is 2. The van der Waals surface area contributed by atoms with Gasteiger partial charge in [0.25, 0.3) is 0 Å². The number of aromatic nitrogens is 2. The largest absolute Gasteiger partial charge is 0.246 e. The molecule has 2 aromatic heterocycles. The number of hydrogen-bond donors (Lipinski definition) is 0. The van der Waals surface area contributed by atoms with Crippen LogP contribution in [-0.2, 0) is 12.8 Å². The standard InChI is InChI=1S/C38H30N2/c1-25-9-7-11-27(23-25)17-19-29-31-13-3-5-15-35(31)39-37-33(29)21-22-34-30(20-18-28-12-8-10-26(2)24-28)32-14-4-6-16-36(32)40-38(34)37/h3-20,23-24H,21-22H2,1-2H3. The zero-order chi connectivity index (χ0) is 27.1. The molecule has 0 bridgehead atoms. The molecule has 0 radical (unpaired) electrons. The minimum absolute atomic E-state index is 0.930. The van der Waals surface area contributed by atoms with Gasteiger partial charge in [0.15, 0.2) is 0 Å². The highest BCUT2D eigenvalue weighted by atomic mass is 14.8. The number of para-hydroxylation sites is 2. The lowest BCUT2D eigenvalue weighted by Crippen LogP contribution is -2.12. The smallest absolute Gasteiger partial charge is 0.0935 e. The molecule has 0 aliphatic heterocycles. The van der Waals surface area contributed by atoms with Crippen LogP contribution in [0.2, 0.25) is 0 Å². The first kappa shape index (κ1) is 24.2. The normalized spacial score (nSPS) is 12.8. The van der Waals surface area contributed by atoms with Crippen molar-refractivity contribution < 1.29 is 0 Å². The van der Waals surface area contributed by atoms with Gasteiger partial charge in [0.1, 0.15) is 0 Å². The molecule has 4 aromatic carbocycles. The second-order valence-electron chi connectivity index (χ2n) is 10.7. The van der Waals surface area contributed by atoms with Crippen LogP contribution in [0.4, 0.5) is 0 Å². The maximum absolute atomic E-state index is 5.24. The summed E-state index contributed by atoms with van der Waals surface area (Å²) in [5.41, 5.74) is 14.0. The Morgan fingerprint density at radius 1 is 0.500 bits per heavy atom. The van der Waals surface area contributed by atoms with Gasteiger partial charge in [-0.05, 0) is 72.2 Å². The highest BCUT2D eigenvalue weighted by molar-refractivity contribution is 5.99. The Morgan fingerprint density at radius 3 is 1.40 bits per heavy atom. The molecule has 192 valence electrons. The third-order valence-corrected chi connectivity index (χ3v) is 7.89. The summed E-state index contributed by atoms with van der Waals surface area (Å²) < 4.78 is 0. The molecule has 2 heteroatoms. The SMILES string of the molecule is Cc1cccc(C=Cc2c3c(nc4ccccc24)-c2nc4ccccc4c(C=Cc4cccc(C)c4)c2CC3)c1. The van der Waals surface area contributed by atoms with E-state index in [1.54, 1.807) is 0 Å². The molecule has 0 N–H and O–H groups in total. The summed E-state index contributed by atoms with van der Waals surface area (Å²) in [4.78, 5) is 10.5. The van der Waals surface area contributed by atoms with E-state index in [4.69, 9.17) is 9.97 Å². The molecule has 1 aliphatic rings. The summed E-state index contributed by atoms with van der Waals surface area (Å²) in [7, 11) is 0. The van der Waals surface area contributed by atoms with Crippen LogP contribution in [0.5, 0.6) is 0 Å². The summed E-state index contributed by atoms with van der Waals surface area (Å²) >= 11 is 0. The van der Waals surface area contributed by atoms with Crippen molar-refractivity contribution >= 4 is 46.1 Å². The second kappa shape index (κ2) is 10.1. The minimum atomic E-state index is 0.930. The lowest BCUT2D eigenvalue weighted by Gasteiger charge is -2.24. The van der Waals surface area contributed by atoms with Gasteiger partial charge in [0.2, 0.25) is 0 Å². The monoisotopic (exact) mass is 514 g/mol. The molecular weight excluding hydrogens is 484 g/mol. The fraction of sp³-hybridized carbons (Fsp3) is 0.105. The van der Waals surface area contributed by atoms with Crippen LogP contribution in [0, 0.1) is 13.8 Å². The Morgan fingerprint density at radius 2 is 0.950 bits per heavy atom. The number of fused-ring (bicyclic) bond motifs is 5. The van der Waals surface area contributed by atoms with E-state index >= 15 is 0 Å². The van der Waals surface area contributed by atoms with E-state index in [1.165, 1.54) is 55.3 Å². The number of nitrogens with zero attached hydrogens (tertiary/aromatic N) is 2. The average Bonchev–Trinajstić information content (AvgIpc) is 2.97. The molecule has 0 saturated carbocycles. The Labute approximate surface area is 235 Å². The molecule has 2 heterocycles. The van der Waals surface area contributed by atoms with Crippen LogP contribution >= 0.6 is 0 Å². The lowest BCUT2D eigenvalue weighted by atomic mass is 9.84. The van der Waals surface area contributed by atoms with Crippen LogP contribution in [0.15, 0.2) is 97.1 Å². The van der Waals surface area contributed by atoms with E-state index in [2.05, 4.69) is 135 Å². The highest BCUT2D eigenvalue weighted by Crippen LogP contribution is 2.40. The molecule has 0 amide bonds. The quantitative estimate of drug-likeness (QED) is 0.234. The van der Waals surface area contributed by atoms with Crippen LogP contribution in [-0.4, -0.2) is 9.97 Å². The van der Waals surface area contributed by atoms with Gasteiger partial charge in [-0.2, -0.15) is 0 Å². The Bertz CT molecular complexity index is 1830. The van der Waals surface area contributed by atoms with Gasteiger partial charge in [0.05, 0.1) is 22.4 Å². The molecule has 6 aromatic rings. The fourth-order valence-electron chi connectivity index (χ4n) is 5.99. The first-order valence-electron chi connectivity index (χ1n) is 14.0. The van der Waals surface area contributed by atoms with Crippen LogP contribution in [0.1, 0.15) is 44.5 Å². The molecule has 0 saturated heterocycles. The molecular formula is C38H30N2. The van der Waals surface area contributed by atoms with E-state index in [1.807, 2.05) is 0 Å². The van der Waals surface area contributed by atoms with Crippen LogP contribution < -0.4 is 0 Å². The summed E-state index contributed by atoms with van der Waals surface area (Å²) in [5, 5.41) is 2.38.